The van der Waals surface area contributed by atoms with Gasteiger partial charge in [0, 0.05) is 31.2 Å². The van der Waals surface area contributed by atoms with Crippen molar-refractivity contribution in [3.05, 3.63) is 29.8 Å². The van der Waals surface area contributed by atoms with Gasteiger partial charge in [0.25, 0.3) is 5.91 Å². The summed E-state index contributed by atoms with van der Waals surface area (Å²) in [4.78, 5) is 27.2. The van der Waals surface area contributed by atoms with Crippen LogP contribution in [0, 0.1) is 0 Å². The average molecular weight is 291 g/mol. The normalized spacial score (nSPS) is 19.3. The first-order chi connectivity index (χ1) is 9.97. The van der Waals surface area contributed by atoms with E-state index in [-0.39, 0.29) is 18.6 Å². The van der Waals surface area contributed by atoms with Gasteiger partial charge in [0.1, 0.15) is 5.75 Å². The van der Waals surface area contributed by atoms with Crippen molar-refractivity contribution in [2.24, 2.45) is 5.73 Å². The van der Waals surface area contributed by atoms with Crippen molar-refractivity contribution >= 4 is 11.8 Å². The van der Waals surface area contributed by atoms with E-state index in [0.717, 1.165) is 19.6 Å². The number of nitrogens with zero attached hydrogens (tertiary/aromatic N) is 2. The number of carbonyl (C=O) groups is 2. The number of benzene rings is 1. The van der Waals surface area contributed by atoms with Gasteiger partial charge in [-0.1, -0.05) is 0 Å². The molecule has 2 amide bonds. The Bertz CT molecular complexity index is 515. The van der Waals surface area contributed by atoms with Gasteiger partial charge in [-0.25, -0.2) is 0 Å². The minimum atomic E-state index is -0.483. The summed E-state index contributed by atoms with van der Waals surface area (Å²) in [5.74, 6) is 0.0496. The maximum atomic E-state index is 12.2. The zero-order valence-electron chi connectivity index (χ0n) is 12.4. The number of hydrogen-bond donors (Lipinski definition) is 1. The largest absolute Gasteiger partial charge is 0.484 e. The van der Waals surface area contributed by atoms with Crippen molar-refractivity contribution in [3.63, 3.8) is 0 Å². The Labute approximate surface area is 124 Å². The van der Waals surface area contributed by atoms with Gasteiger partial charge < -0.3 is 20.3 Å². The molecule has 0 bridgehead atoms. The summed E-state index contributed by atoms with van der Waals surface area (Å²) in [5, 5.41) is 0. The maximum absolute atomic E-state index is 12.2. The predicted molar refractivity (Wildman–Crippen MR) is 79.1 cm³/mol. The van der Waals surface area contributed by atoms with E-state index in [1.165, 1.54) is 0 Å². The SMILES string of the molecule is C[C@H]1CN(C)CCN1C(=O)COc1ccc(C(N)=O)cc1. The number of hydrogen-bond acceptors (Lipinski definition) is 4. The number of likely N-dealkylation sites (N-methyl/N-ethyl adjacent to an activating group) is 1. The third kappa shape index (κ3) is 3.95. The van der Waals surface area contributed by atoms with Gasteiger partial charge in [0.05, 0.1) is 0 Å². The summed E-state index contributed by atoms with van der Waals surface area (Å²) >= 11 is 0. The number of nitrogens with two attached hydrogens (primary N) is 1. The number of ether oxygens (including phenoxy) is 1. The third-order valence-corrected chi connectivity index (χ3v) is 3.65. The minimum absolute atomic E-state index is 0.00394. The molecule has 0 aliphatic carbocycles. The standard InChI is InChI=1S/C15H21N3O3/c1-11-9-17(2)7-8-18(11)14(19)10-21-13-5-3-12(4-6-13)15(16)20/h3-6,11H,7-10H2,1-2H3,(H2,16,20)/t11-/m0/s1. The molecule has 1 aliphatic heterocycles. The molecule has 2 rings (SSSR count). The second-order valence-corrected chi connectivity index (χ2v) is 5.38. The van der Waals surface area contributed by atoms with E-state index in [1.54, 1.807) is 24.3 Å². The van der Waals surface area contributed by atoms with Crippen molar-refractivity contribution in [2.45, 2.75) is 13.0 Å². The first-order valence-corrected chi connectivity index (χ1v) is 6.98. The van der Waals surface area contributed by atoms with E-state index in [9.17, 15) is 9.59 Å². The molecule has 0 aromatic heterocycles. The van der Waals surface area contributed by atoms with Gasteiger partial charge in [0.2, 0.25) is 5.91 Å². The zero-order valence-corrected chi connectivity index (χ0v) is 12.4. The predicted octanol–water partition coefficient (Wildman–Crippen LogP) is 0.327. The van der Waals surface area contributed by atoms with Gasteiger partial charge >= 0.3 is 0 Å². The third-order valence-electron chi connectivity index (χ3n) is 3.65. The molecular formula is C15H21N3O3. The highest BCUT2D eigenvalue weighted by Crippen LogP contribution is 2.13. The number of rotatable bonds is 4. The number of piperazine rings is 1. The highest BCUT2D eigenvalue weighted by atomic mass is 16.5. The molecule has 0 saturated carbocycles. The van der Waals surface area contributed by atoms with Gasteiger partial charge in [-0.3, -0.25) is 9.59 Å². The Morgan fingerprint density at radius 2 is 1.95 bits per heavy atom. The molecule has 21 heavy (non-hydrogen) atoms. The van der Waals surface area contributed by atoms with E-state index < -0.39 is 5.91 Å². The first kappa shape index (κ1) is 15.3. The lowest BCUT2D eigenvalue weighted by Crippen LogP contribution is -2.53. The number of carbonyl (C=O) groups excluding carboxylic acids is 2. The molecule has 1 aromatic carbocycles. The quantitative estimate of drug-likeness (QED) is 0.867. The smallest absolute Gasteiger partial charge is 0.260 e. The van der Waals surface area contributed by atoms with Gasteiger partial charge in [0.15, 0.2) is 6.61 Å². The van der Waals surface area contributed by atoms with Crippen molar-refractivity contribution in [1.82, 2.24) is 9.80 Å². The van der Waals surface area contributed by atoms with Gasteiger partial charge in [-0.05, 0) is 38.2 Å². The Hall–Kier alpha value is -2.08. The molecule has 1 saturated heterocycles. The highest BCUT2D eigenvalue weighted by Gasteiger charge is 2.25. The first-order valence-electron chi connectivity index (χ1n) is 6.98. The molecule has 2 N–H and O–H groups in total. The van der Waals surface area contributed by atoms with Gasteiger partial charge in [-0.2, -0.15) is 0 Å². The summed E-state index contributed by atoms with van der Waals surface area (Å²) in [7, 11) is 2.05. The molecule has 6 heteroatoms. The monoisotopic (exact) mass is 291 g/mol. The van der Waals surface area contributed by atoms with Crippen LogP contribution in [-0.4, -0.2) is 60.9 Å². The molecule has 0 unspecified atom stereocenters. The summed E-state index contributed by atoms with van der Waals surface area (Å²) in [5.41, 5.74) is 5.58. The second kappa shape index (κ2) is 6.58. The fourth-order valence-electron chi connectivity index (χ4n) is 2.45. The highest BCUT2D eigenvalue weighted by molar-refractivity contribution is 5.92. The van der Waals surface area contributed by atoms with Crippen molar-refractivity contribution in [3.8, 4) is 5.75 Å². The van der Waals surface area contributed by atoms with E-state index >= 15 is 0 Å². The molecule has 1 fully saturated rings. The zero-order chi connectivity index (χ0) is 15.4. The lowest BCUT2D eigenvalue weighted by Gasteiger charge is -2.38. The summed E-state index contributed by atoms with van der Waals surface area (Å²) < 4.78 is 5.47. The van der Waals surface area contributed by atoms with Crippen LogP contribution in [0.1, 0.15) is 17.3 Å². The average Bonchev–Trinajstić information content (AvgIpc) is 2.45. The Morgan fingerprint density at radius 1 is 1.29 bits per heavy atom. The lowest BCUT2D eigenvalue weighted by atomic mass is 10.2. The Morgan fingerprint density at radius 3 is 2.52 bits per heavy atom. The number of primary amides is 1. The van der Waals surface area contributed by atoms with E-state index in [4.69, 9.17) is 10.5 Å². The van der Waals surface area contributed by atoms with E-state index in [2.05, 4.69) is 11.9 Å². The molecule has 1 atom stereocenters. The molecule has 0 spiro atoms. The fourth-order valence-corrected chi connectivity index (χ4v) is 2.45. The molecule has 0 radical (unpaired) electrons. The summed E-state index contributed by atoms with van der Waals surface area (Å²) in [6.45, 7) is 4.52. The van der Waals surface area contributed by atoms with Crippen LogP contribution in [-0.2, 0) is 4.79 Å². The van der Waals surface area contributed by atoms with Crippen LogP contribution >= 0.6 is 0 Å². The molecule has 1 aliphatic rings. The van der Waals surface area contributed by atoms with Crippen LogP contribution < -0.4 is 10.5 Å². The van der Waals surface area contributed by atoms with Crippen LogP contribution in [0.4, 0.5) is 0 Å². The summed E-state index contributed by atoms with van der Waals surface area (Å²) in [6.07, 6.45) is 0. The molecule has 6 nitrogen and oxygen atoms in total. The maximum Gasteiger partial charge on any atom is 0.260 e. The van der Waals surface area contributed by atoms with Crippen molar-refractivity contribution in [2.75, 3.05) is 33.3 Å². The van der Waals surface area contributed by atoms with Crippen LogP contribution in [0.3, 0.4) is 0 Å². The van der Waals surface area contributed by atoms with Crippen LogP contribution in [0.25, 0.3) is 0 Å². The number of amides is 2. The Kier molecular flexibility index (Phi) is 4.80. The van der Waals surface area contributed by atoms with Crippen LogP contribution in [0.2, 0.25) is 0 Å². The summed E-state index contributed by atoms with van der Waals surface area (Å²) in [6, 6.07) is 6.64. The topological polar surface area (TPSA) is 75.9 Å². The second-order valence-electron chi connectivity index (χ2n) is 5.38. The lowest BCUT2D eigenvalue weighted by molar-refractivity contribution is -0.137. The molecule has 1 aromatic rings. The van der Waals surface area contributed by atoms with Crippen molar-refractivity contribution in [1.29, 1.82) is 0 Å². The fraction of sp³-hybridized carbons (Fsp3) is 0.467. The molecule has 114 valence electrons. The van der Waals surface area contributed by atoms with Crippen LogP contribution in [0.5, 0.6) is 5.75 Å². The molecule has 1 heterocycles. The minimum Gasteiger partial charge on any atom is -0.484 e. The van der Waals surface area contributed by atoms with Crippen molar-refractivity contribution < 1.29 is 14.3 Å². The Balaban J connectivity index is 1.87. The van der Waals surface area contributed by atoms with Crippen LogP contribution in [0.15, 0.2) is 24.3 Å². The molecular weight excluding hydrogens is 270 g/mol. The van der Waals surface area contributed by atoms with E-state index in [1.807, 2.05) is 11.8 Å². The van der Waals surface area contributed by atoms with Gasteiger partial charge in [-0.15, -0.1) is 0 Å². The van der Waals surface area contributed by atoms with E-state index in [0.29, 0.717) is 11.3 Å².